The van der Waals surface area contributed by atoms with Crippen LogP contribution in [0.2, 0.25) is 0 Å². The van der Waals surface area contributed by atoms with Crippen LogP contribution in [0.25, 0.3) is 0 Å². The Bertz CT molecular complexity index is 1030. The lowest BCUT2D eigenvalue weighted by molar-refractivity contribution is -0.122. The molecule has 2 aromatic carbocycles. The van der Waals surface area contributed by atoms with Crippen molar-refractivity contribution in [2.24, 2.45) is 0 Å². The number of amides is 3. The summed E-state index contributed by atoms with van der Waals surface area (Å²) in [5.74, 6) is -1.02. The van der Waals surface area contributed by atoms with Crippen LogP contribution < -0.4 is 16.0 Å². The van der Waals surface area contributed by atoms with Crippen LogP contribution in [0.3, 0.4) is 0 Å². The Labute approximate surface area is 187 Å². The summed E-state index contributed by atoms with van der Waals surface area (Å²) < 4.78 is 5.11. The fraction of sp³-hybridized carbons (Fsp3) is 0.240. The fourth-order valence-corrected chi connectivity index (χ4v) is 3.19. The van der Waals surface area contributed by atoms with Gasteiger partial charge < -0.3 is 20.4 Å². The van der Waals surface area contributed by atoms with E-state index in [2.05, 4.69) is 16.0 Å². The molecule has 0 fully saturated rings. The van der Waals surface area contributed by atoms with Gasteiger partial charge in [-0.15, -0.1) is 0 Å². The molecule has 0 bridgehead atoms. The van der Waals surface area contributed by atoms with Crippen molar-refractivity contribution < 1.29 is 18.8 Å². The second kappa shape index (κ2) is 11.5. The van der Waals surface area contributed by atoms with Crippen molar-refractivity contribution in [2.75, 3.05) is 11.9 Å². The van der Waals surface area contributed by atoms with E-state index in [0.717, 1.165) is 18.4 Å². The Balaban J connectivity index is 1.76. The number of hydrogen-bond donors (Lipinski definition) is 3. The first-order valence-electron chi connectivity index (χ1n) is 10.6. The average molecular weight is 434 g/mol. The maximum absolute atomic E-state index is 13.1. The molecule has 3 amide bonds. The first-order valence-corrected chi connectivity index (χ1v) is 10.6. The van der Waals surface area contributed by atoms with Crippen molar-refractivity contribution in [3.63, 3.8) is 0 Å². The molecule has 0 saturated carbocycles. The highest BCUT2D eigenvalue weighted by atomic mass is 16.3. The van der Waals surface area contributed by atoms with E-state index in [0.29, 0.717) is 18.7 Å². The molecule has 3 N–H and O–H groups in total. The summed E-state index contributed by atoms with van der Waals surface area (Å²) in [5, 5.41) is 8.42. The summed E-state index contributed by atoms with van der Waals surface area (Å²) in [6, 6.07) is 18.5. The second-order valence-electron chi connectivity index (χ2n) is 7.34. The highest BCUT2D eigenvalue weighted by Gasteiger charge is 2.23. The largest absolute Gasteiger partial charge is 0.459 e. The minimum absolute atomic E-state index is 0.137. The molecule has 32 heavy (non-hydrogen) atoms. The number of anilines is 1. The van der Waals surface area contributed by atoms with Crippen LogP contribution in [-0.4, -0.2) is 30.3 Å². The van der Waals surface area contributed by atoms with Crippen LogP contribution in [-0.2, 0) is 11.2 Å². The summed E-state index contributed by atoms with van der Waals surface area (Å²) in [6.07, 6.45) is 3.57. The molecular formula is C25H27N3O4. The van der Waals surface area contributed by atoms with Gasteiger partial charge in [0.2, 0.25) is 5.91 Å². The first kappa shape index (κ1) is 22.8. The molecular weight excluding hydrogens is 406 g/mol. The lowest BCUT2D eigenvalue weighted by Crippen LogP contribution is -2.48. The smallest absolute Gasteiger partial charge is 0.291 e. The average Bonchev–Trinajstić information content (AvgIpc) is 3.35. The third-order valence-corrected chi connectivity index (χ3v) is 4.90. The Morgan fingerprint density at radius 2 is 1.66 bits per heavy atom. The number of unbranched alkanes of at least 4 members (excludes halogenated alkanes) is 1. The van der Waals surface area contributed by atoms with E-state index < -0.39 is 17.9 Å². The molecule has 0 saturated heterocycles. The standard InChI is InChI=1S/C25H27N3O4/c1-2-3-15-26-24(30)21(17-18-10-5-4-6-11-18)28-23(29)19-12-7-8-13-20(19)27-25(31)22-14-9-16-32-22/h4-14,16,21H,2-3,15,17H2,1H3,(H,26,30)(H,27,31)(H,28,29)/t21-/m0/s1. The van der Waals surface area contributed by atoms with E-state index in [9.17, 15) is 14.4 Å². The summed E-state index contributed by atoms with van der Waals surface area (Å²) in [6.45, 7) is 2.59. The maximum Gasteiger partial charge on any atom is 0.291 e. The molecule has 0 aliphatic carbocycles. The number of rotatable bonds is 10. The molecule has 1 atom stereocenters. The molecule has 3 rings (SSSR count). The van der Waals surface area contributed by atoms with Gasteiger partial charge in [-0.05, 0) is 36.2 Å². The predicted octanol–water partition coefficient (Wildman–Crippen LogP) is 3.79. The molecule has 0 aliphatic rings. The third kappa shape index (κ3) is 6.31. The normalized spacial score (nSPS) is 11.4. The highest BCUT2D eigenvalue weighted by molar-refractivity contribution is 6.08. The molecule has 1 aromatic heterocycles. The molecule has 7 heteroatoms. The van der Waals surface area contributed by atoms with Crippen LogP contribution in [0.15, 0.2) is 77.4 Å². The number of furan rings is 1. The molecule has 0 unspecified atom stereocenters. The number of carbonyl (C=O) groups excluding carboxylic acids is 3. The Morgan fingerprint density at radius 3 is 2.38 bits per heavy atom. The van der Waals surface area contributed by atoms with Gasteiger partial charge in [-0.3, -0.25) is 14.4 Å². The molecule has 7 nitrogen and oxygen atoms in total. The Morgan fingerprint density at radius 1 is 0.906 bits per heavy atom. The lowest BCUT2D eigenvalue weighted by atomic mass is 10.0. The van der Waals surface area contributed by atoms with E-state index in [-0.39, 0.29) is 17.2 Å². The Kier molecular flexibility index (Phi) is 8.20. The molecule has 0 radical (unpaired) electrons. The maximum atomic E-state index is 13.1. The number of hydrogen-bond acceptors (Lipinski definition) is 4. The predicted molar refractivity (Wildman–Crippen MR) is 122 cm³/mol. The van der Waals surface area contributed by atoms with Gasteiger partial charge in [0.15, 0.2) is 5.76 Å². The second-order valence-corrected chi connectivity index (χ2v) is 7.34. The van der Waals surface area contributed by atoms with Crippen molar-refractivity contribution in [1.82, 2.24) is 10.6 Å². The molecule has 0 aliphatic heterocycles. The van der Waals surface area contributed by atoms with Gasteiger partial charge in [-0.1, -0.05) is 55.8 Å². The fourth-order valence-electron chi connectivity index (χ4n) is 3.19. The number of carbonyl (C=O) groups is 3. The van der Waals surface area contributed by atoms with Crippen molar-refractivity contribution in [3.05, 3.63) is 89.9 Å². The van der Waals surface area contributed by atoms with E-state index in [1.807, 2.05) is 37.3 Å². The van der Waals surface area contributed by atoms with Crippen LogP contribution in [0.5, 0.6) is 0 Å². The number of para-hydroxylation sites is 1. The van der Waals surface area contributed by atoms with Crippen LogP contribution in [0, 0.1) is 0 Å². The summed E-state index contributed by atoms with van der Waals surface area (Å²) in [7, 11) is 0. The van der Waals surface area contributed by atoms with Gasteiger partial charge in [-0.2, -0.15) is 0 Å². The Hall–Kier alpha value is -3.87. The van der Waals surface area contributed by atoms with Crippen molar-refractivity contribution in [2.45, 2.75) is 32.2 Å². The van der Waals surface area contributed by atoms with E-state index in [4.69, 9.17) is 4.42 Å². The number of nitrogens with one attached hydrogen (secondary N) is 3. The van der Waals surface area contributed by atoms with Gasteiger partial charge in [0.1, 0.15) is 6.04 Å². The highest BCUT2D eigenvalue weighted by Crippen LogP contribution is 2.17. The van der Waals surface area contributed by atoms with E-state index in [1.165, 1.54) is 12.3 Å². The minimum Gasteiger partial charge on any atom is -0.459 e. The molecule has 166 valence electrons. The topological polar surface area (TPSA) is 100 Å². The van der Waals surface area contributed by atoms with Gasteiger partial charge in [0.05, 0.1) is 17.5 Å². The van der Waals surface area contributed by atoms with E-state index >= 15 is 0 Å². The number of benzene rings is 2. The monoisotopic (exact) mass is 433 g/mol. The summed E-state index contributed by atoms with van der Waals surface area (Å²) in [4.78, 5) is 38.3. The van der Waals surface area contributed by atoms with Gasteiger partial charge in [0, 0.05) is 13.0 Å². The van der Waals surface area contributed by atoms with Crippen molar-refractivity contribution >= 4 is 23.4 Å². The van der Waals surface area contributed by atoms with Crippen LogP contribution in [0.1, 0.15) is 46.2 Å². The van der Waals surface area contributed by atoms with Gasteiger partial charge in [0.25, 0.3) is 11.8 Å². The van der Waals surface area contributed by atoms with Crippen LogP contribution in [0.4, 0.5) is 5.69 Å². The minimum atomic E-state index is -0.754. The zero-order valence-corrected chi connectivity index (χ0v) is 18.0. The van der Waals surface area contributed by atoms with E-state index in [1.54, 1.807) is 30.3 Å². The summed E-state index contributed by atoms with van der Waals surface area (Å²) >= 11 is 0. The lowest BCUT2D eigenvalue weighted by Gasteiger charge is -2.20. The van der Waals surface area contributed by atoms with Crippen LogP contribution >= 0.6 is 0 Å². The van der Waals surface area contributed by atoms with Gasteiger partial charge >= 0.3 is 0 Å². The molecule has 1 heterocycles. The molecule has 3 aromatic rings. The SMILES string of the molecule is CCCCNC(=O)[C@H](Cc1ccccc1)NC(=O)c1ccccc1NC(=O)c1ccco1. The third-order valence-electron chi connectivity index (χ3n) is 4.90. The van der Waals surface area contributed by atoms with Crippen molar-refractivity contribution in [3.8, 4) is 0 Å². The quantitative estimate of drug-likeness (QED) is 0.424. The first-order chi connectivity index (χ1) is 15.6. The summed E-state index contributed by atoms with van der Waals surface area (Å²) in [5.41, 5.74) is 1.52. The molecule has 0 spiro atoms. The zero-order valence-electron chi connectivity index (χ0n) is 18.0. The zero-order chi connectivity index (χ0) is 22.8. The van der Waals surface area contributed by atoms with Crippen molar-refractivity contribution in [1.29, 1.82) is 0 Å². The van der Waals surface area contributed by atoms with Gasteiger partial charge in [-0.25, -0.2) is 0 Å².